The molecule has 3 rings (SSSR count). The van der Waals surface area contributed by atoms with E-state index < -0.39 is 0 Å². The number of rotatable bonds is 0. The monoisotopic (exact) mass is 242 g/mol. The number of amides is 1. The number of benzene rings is 1. The Labute approximate surface area is 105 Å². The molecule has 0 unspecified atom stereocenters. The molecule has 1 aliphatic rings. The Morgan fingerprint density at radius 2 is 1.67 bits per heavy atom. The van der Waals surface area contributed by atoms with Gasteiger partial charge in [-0.2, -0.15) is 5.10 Å². The number of aromatic nitrogens is 2. The highest BCUT2D eigenvalue weighted by Gasteiger charge is 2.19. The molecular weight excluding hydrogens is 228 g/mol. The van der Waals surface area contributed by atoms with Gasteiger partial charge in [0.2, 0.25) is 0 Å². The van der Waals surface area contributed by atoms with Crippen molar-refractivity contribution in [3.63, 3.8) is 0 Å². The third-order valence-corrected chi connectivity index (χ3v) is 2.39. The number of para-hydroxylation sites is 2. The van der Waals surface area contributed by atoms with Crippen LogP contribution < -0.4 is 10.6 Å². The Morgan fingerprint density at radius 3 is 2.39 bits per heavy atom. The Kier molecular flexibility index (Phi) is 3.52. The SMILES string of the molecule is CC.O=C1Nc2ccccc2Nc2nnccc21. The Hall–Kier alpha value is -2.43. The molecule has 0 radical (unpaired) electrons. The van der Waals surface area contributed by atoms with Crippen molar-refractivity contribution in [2.75, 3.05) is 10.6 Å². The van der Waals surface area contributed by atoms with E-state index in [1.807, 2.05) is 38.1 Å². The fourth-order valence-corrected chi connectivity index (χ4v) is 1.63. The van der Waals surface area contributed by atoms with Crippen LogP contribution in [0, 0.1) is 0 Å². The van der Waals surface area contributed by atoms with Gasteiger partial charge < -0.3 is 10.6 Å². The van der Waals surface area contributed by atoms with Crippen molar-refractivity contribution in [3.05, 3.63) is 42.1 Å². The van der Waals surface area contributed by atoms with Gasteiger partial charge in [-0.25, -0.2) is 0 Å². The van der Waals surface area contributed by atoms with E-state index in [1.54, 1.807) is 6.07 Å². The number of hydrogen-bond donors (Lipinski definition) is 2. The third kappa shape index (κ3) is 2.15. The van der Waals surface area contributed by atoms with Gasteiger partial charge in [0.25, 0.3) is 5.91 Å². The maximum atomic E-state index is 11.8. The molecule has 0 bridgehead atoms. The molecule has 1 aromatic carbocycles. The van der Waals surface area contributed by atoms with Crippen LogP contribution in [0.15, 0.2) is 36.5 Å². The topological polar surface area (TPSA) is 66.9 Å². The van der Waals surface area contributed by atoms with Crippen LogP contribution in [-0.4, -0.2) is 16.1 Å². The molecule has 1 aromatic heterocycles. The molecule has 2 N–H and O–H groups in total. The van der Waals surface area contributed by atoms with Gasteiger partial charge in [-0.15, -0.1) is 5.10 Å². The number of carbonyl (C=O) groups is 1. The van der Waals surface area contributed by atoms with E-state index >= 15 is 0 Å². The van der Waals surface area contributed by atoms with Crippen LogP contribution >= 0.6 is 0 Å². The van der Waals surface area contributed by atoms with E-state index in [2.05, 4.69) is 20.8 Å². The van der Waals surface area contributed by atoms with Crippen LogP contribution in [0.1, 0.15) is 24.2 Å². The maximum Gasteiger partial charge on any atom is 0.259 e. The van der Waals surface area contributed by atoms with Crippen molar-refractivity contribution in [2.45, 2.75) is 13.8 Å². The quantitative estimate of drug-likeness (QED) is 0.745. The van der Waals surface area contributed by atoms with E-state index in [9.17, 15) is 4.79 Å². The van der Waals surface area contributed by atoms with Gasteiger partial charge in [0, 0.05) is 0 Å². The predicted molar refractivity (Wildman–Crippen MR) is 71.1 cm³/mol. The van der Waals surface area contributed by atoms with Crippen LogP contribution in [0.2, 0.25) is 0 Å². The smallest absolute Gasteiger partial charge is 0.259 e. The first-order valence-corrected chi connectivity index (χ1v) is 5.84. The molecule has 0 saturated carbocycles. The minimum absolute atomic E-state index is 0.178. The number of nitrogens with zero attached hydrogens (tertiary/aromatic N) is 2. The zero-order valence-corrected chi connectivity index (χ0v) is 10.3. The molecule has 0 aliphatic carbocycles. The van der Waals surface area contributed by atoms with Crippen molar-refractivity contribution in [2.24, 2.45) is 0 Å². The Bertz CT molecular complexity index is 568. The van der Waals surface area contributed by atoms with Crippen molar-refractivity contribution < 1.29 is 4.79 Å². The molecule has 92 valence electrons. The van der Waals surface area contributed by atoms with Gasteiger partial charge in [0.1, 0.15) is 0 Å². The van der Waals surface area contributed by atoms with E-state index in [1.165, 1.54) is 6.20 Å². The van der Waals surface area contributed by atoms with Crippen LogP contribution in [0.25, 0.3) is 0 Å². The largest absolute Gasteiger partial charge is 0.336 e. The first-order chi connectivity index (χ1) is 8.84. The first kappa shape index (κ1) is 12.0. The lowest BCUT2D eigenvalue weighted by atomic mass is 10.2. The van der Waals surface area contributed by atoms with Gasteiger partial charge in [0.05, 0.1) is 23.1 Å². The van der Waals surface area contributed by atoms with Crippen molar-refractivity contribution in [1.29, 1.82) is 0 Å². The molecule has 5 nitrogen and oxygen atoms in total. The molecule has 0 spiro atoms. The van der Waals surface area contributed by atoms with Gasteiger partial charge in [0.15, 0.2) is 5.82 Å². The maximum absolute atomic E-state index is 11.8. The van der Waals surface area contributed by atoms with Gasteiger partial charge in [-0.3, -0.25) is 4.79 Å². The highest BCUT2D eigenvalue weighted by molar-refractivity contribution is 6.11. The number of anilines is 3. The zero-order chi connectivity index (χ0) is 13.0. The van der Waals surface area contributed by atoms with E-state index in [-0.39, 0.29) is 5.91 Å². The summed E-state index contributed by atoms with van der Waals surface area (Å²) >= 11 is 0. The summed E-state index contributed by atoms with van der Waals surface area (Å²) in [5.74, 6) is 0.298. The average molecular weight is 242 g/mol. The molecule has 5 heteroatoms. The molecular formula is C13H14N4O. The van der Waals surface area contributed by atoms with Crippen molar-refractivity contribution >= 4 is 23.1 Å². The lowest BCUT2D eigenvalue weighted by molar-refractivity contribution is 0.102. The van der Waals surface area contributed by atoms with E-state index in [4.69, 9.17) is 0 Å². The predicted octanol–water partition coefficient (Wildman–Crippen LogP) is 2.81. The Morgan fingerprint density at radius 1 is 1.00 bits per heavy atom. The van der Waals surface area contributed by atoms with Gasteiger partial charge in [-0.1, -0.05) is 26.0 Å². The summed E-state index contributed by atoms with van der Waals surface area (Å²) in [6.45, 7) is 4.00. The average Bonchev–Trinajstić information content (AvgIpc) is 2.57. The normalized spacial score (nSPS) is 11.8. The highest BCUT2D eigenvalue weighted by Crippen LogP contribution is 2.29. The second kappa shape index (κ2) is 5.27. The van der Waals surface area contributed by atoms with Crippen LogP contribution in [0.5, 0.6) is 0 Å². The minimum Gasteiger partial charge on any atom is -0.336 e. The fourth-order valence-electron chi connectivity index (χ4n) is 1.63. The first-order valence-electron chi connectivity index (χ1n) is 5.84. The lowest BCUT2D eigenvalue weighted by Gasteiger charge is -2.05. The minimum atomic E-state index is -0.178. The van der Waals surface area contributed by atoms with Crippen molar-refractivity contribution in [1.82, 2.24) is 10.2 Å². The number of hydrogen-bond acceptors (Lipinski definition) is 4. The summed E-state index contributed by atoms with van der Waals surface area (Å²) < 4.78 is 0. The summed E-state index contributed by atoms with van der Waals surface area (Å²) in [5.41, 5.74) is 2.05. The third-order valence-electron chi connectivity index (χ3n) is 2.39. The summed E-state index contributed by atoms with van der Waals surface area (Å²) in [6, 6.07) is 9.09. The molecule has 0 fully saturated rings. The second-order valence-electron chi connectivity index (χ2n) is 3.42. The fraction of sp³-hybridized carbons (Fsp3) is 0.154. The lowest BCUT2D eigenvalue weighted by Crippen LogP contribution is -2.11. The standard InChI is InChI=1S/C11H8N4O.C2H6/c16-11-7-5-6-12-15-10(7)13-8-3-1-2-4-9(8)14-11;1-2/h1-6H,(H,13,15)(H,14,16);1-2H3. The molecule has 2 heterocycles. The van der Waals surface area contributed by atoms with Gasteiger partial charge in [-0.05, 0) is 18.2 Å². The summed E-state index contributed by atoms with van der Waals surface area (Å²) in [5, 5.41) is 13.5. The van der Waals surface area contributed by atoms with Crippen LogP contribution in [0.3, 0.4) is 0 Å². The molecule has 1 aliphatic heterocycles. The molecule has 1 amide bonds. The van der Waals surface area contributed by atoms with Gasteiger partial charge >= 0.3 is 0 Å². The van der Waals surface area contributed by atoms with Crippen LogP contribution in [-0.2, 0) is 0 Å². The van der Waals surface area contributed by atoms with E-state index in [0.717, 1.165) is 11.4 Å². The van der Waals surface area contributed by atoms with E-state index in [0.29, 0.717) is 11.4 Å². The zero-order valence-electron chi connectivity index (χ0n) is 10.3. The van der Waals surface area contributed by atoms with Crippen LogP contribution in [0.4, 0.5) is 17.2 Å². The number of carbonyl (C=O) groups excluding carboxylic acids is 1. The Balaban J connectivity index is 0.000000574. The molecule has 0 saturated heterocycles. The molecule has 0 atom stereocenters. The summed E-state index contributed by atoms with van der Waals surface area (Å²) in [6.07, 6.45) is 1.50. The molecule has 18 heavy (non-hydrogen) atoms. The number of fused-ring (bicyclic) bond motifs is 2. The summed E-state index contributed by atoms with van der Waals surface area (Å²) in [4.78, 5) is 11.8. The van der Waals surface area contributed by atoms with Crippen molar-refractivity contribution in [3.8, 4) is 0 Å². The molecule has 2 aromatic rings. The highest BCUT2D eigenvalue weighted by atomic mass is 16.1. The summed E-state index contributed by atoms with van der Waals surface area (Å²) in [7, 11) is 0. The second-order valence-corrected chi connectivity index (χ2v) is 3.42. The number of nitrogens with one attached hydrogen (secondary N) is 2.